The molecule has 2 aromatic heterocycles. The molecule has 5 fully saturated rings. The van der Waals surface area contributed by atoms with Crippen molar-refractivity contribution in [3.63, 3.8) is 0 Å². The number of aromatic nitrogens is 3. The zero-order chi connectivity index (χ0) is 37.0. The lowest BCUT2D eigenvalue weighted by Crippen LogP contribution is -2.67. The summed E-state index contributed by atoms with van der Waals surface area (Å²) in [7, 11) is 0. The Bertz CT molecular complexity index is 1790. The van der Waals surface area contributed by atoms with Gasteiger partial charge in [0.25, 0.3) is 0 Å². The van der Waals surface area contributed by atoms with Crippen molar-refractivity contribution in [2.75, 3.05) is 87.2 Å². The highest BCUT2D eigenvalue weighted by Crippen LogP contribution is 2.52. The minimum absolute atomic E-state index is 0.0854. The summed E-state index contributed by atoms with van der Waals surface area (Å²) in [5.41, 5.74) is 2.94. The molecule has 2 N–H and O–H groups in total. The first-order valence-corrected chi connectivity index (χ1v) is 20.5. The molecule has 0 bridgehead atoms. The van der Waals surface area contributed by atoms with Crippen molar-refractivity contribution in [1.29, 1.82) is 0 Å². The Kier molecular flexibility index (Phi) is 9.67. The minimum atomic E-state index is -0.414. The Hall–Kier alpha value is -3.94. The van der Waals surface area contributed by atoms with E-state index in [1.165, 1.54) is 64.7 Å². The van der Waals surface area contributed by atoms with Crippen LogP contribution in [0.25, 0.3) is 11.3 Å². The lowest BCUT2D eigenvalue weighted by molar-refractivity contribution is -0.146. The lowest BCUT2D eigenvalue weighted by Gasteiger charge is -2.61. The maximum atomic E-state index is 12.5. The number of likely N-dealkylation sites (tertiary alicyclic amines) is 2. The van der Waals surface area contributed by atoms with E-state index in [1.807, 2.05) is 45.0 Å². The fraction of sp³-hybridized carbons (Fsp3) is 0.659. The molecule has 54 heavy (non-hydrogen) atoms. The Labute approximate surface area is 319 Å². The molecule has 2 atom stereocenters. The van der Waals surface area contributed by atoms with E-state index in [2.05, 4.69) is 51.2 Å². The van der Waals surface area contributed by atoms with E-state index in [9.17, 15) is 9.90 Å². The van der Waals surface area contributed by atoms with Crippen molar-refractivity contribution in [3.8, 4) is 17.0 Å². The second-order valence-electron chi connectivity index (χ2n) is 17.2. The number of nitrogens with one attached hydrogen (secondary N) is 1. The molecule has 1 saturated carbocycles. The zero-order valence-electron chi connectivity index (χ0n) is 32.2. The van der Waals surface area contributed by atoms with Crippen LogP contribution in [0.4, 0.5) is 17.3 Å². The number of hydrogen-bond donors (Lipinski definition) is 2. The second-order valence-corrected chi connectivity index (χ2v) is 17.2. The van der Waals surface area contributed by atoms with Gasteiger partial charge in [-0.3, -0.25) is 9.69 Å². The third-order valence-electron chi connectivity index (χ3n) is 13.6. The summed E-state index contributed by atoms with van der Waals surface area (Å²) < 4.78 is 11.0. The van der Waals surface area contributed by atoms with Gasteiger partial charge in [0.1, 0.15) is 11.7 Å². The number of anilines is 3. The predicted octanol–water partition coefficient (Wildman–Crippen LogP) is 4.65. The minimum Gasteiger partial charge on any atom is -0.507 e. The first kappa shape index (κ1) is 35.7. The normalized spacial score (nSPS) is 24.8. The standard InChI is InChI=1S/C41H57N9O4/c1-4-53-40(52)38(27(2)3)36-20-37(45-54-36)49-25-41(26-49)21-30(22-41)47-15-9-28(10-16-47)46-13-11-29(12-14-46)48-17-18-50-31(24-48)23-42-39-34(50)19-33(43-44-39)32-7-5-6-8-35(32)51/h5-8,19-20,27-31,38,51H,4,9-18,21-26H2,1-3H3,(H,42,44). The van der Waals surface area contributed by atoms with Crippen LogP contribution < -0.4 is 15.1 Å². The fourth-order valence-electron chi connectivity index (χ4n) is 10.6. The number of carbonyl (C=O) groups excluding carboxylic acids is 1. The summed E-state index contributed by atoms with van der Waals surface area (Å²) in [4.78, 5) is 25.7. The zero-order valence-corrected chi connectivity index (χ0v) is 32.2. The molecule has 4 saturated heterocycles. The van der Waals surface area contributed by atoms with Crippen LogP contribution in [-0.4, -0.2) is 137 Å². The van der Waals surface area contributed by atoms with Crippen molar-refractivity contribution in [1.82, 2.24) is 30.1 Å². The van der Waals surface area contributed by atoms with Gasteiger partial charge >= 0.3 is 5.97 Å². The number of phenols is 1. The van der Waals surface area contributed by atoms with Gasteiger partial charge in [0, 0.05) is 74.4 Å². The number of piperidine rings is 2. The maximum Gasteiger partial charge on any atom is 0.317 e. The Morgan fingerprint density at radius 3 is 2.33 bits per heavy atom. The number of esters is 1. The van der Waals surface area contributed by atoms with Crippen molar-refractivity contribution >= 4 is 23.3 Å². The van der Waals surface area contributed by atoms with Gasteiger partial charge in [-0.05, 0) is 95.7 Å². The van der Waals surface area contributed by atoms with E-state index in [4.69, 9.17) is 9.26 Å². The monoisotopic (exact) mass is 739 g/mol. The number of phenolic OH excluding ortho intramolecular Hbond substituents is 1. The molecule has 1 aliphatic carbocycles. The van der Waals surface area contributed by atoms with E-state index in [0.29, 0.717) is 41.6 Å². The molecule has 7 heterocycles. The van der Waals surface area contributed by atoms with Crippen molar-refractivity contribution in [3.05, 3.63) is 42.2 Å². The molecule has 13 nitrogen and oxygen atoms in total. The van der Waals surface area contributed by atoms with Gasteiger partial charge in [-0.25, -0.2) is 0 Å². The van der Waals surface area contributed by atoms with Crippen LogP contribution in [-0.2, 0) is 9.53 Å². The summed E-state index contributed by atoms with van der Waals surface area (Å²) in [5.74, 6) is 1.98. The molecule has 0 radical (unpaired) electrons. The molecular formula is C41H57N9O4. The number of fused-ring (bicyclic) bond motifs is 3. The average Bonchev–Trinajstić information content (AvgIpc) is 3.62. The Morgan fingerprint density at radius 1 is 0.926 bits per heavy atom. The van der Waals surface area contributed by atoms with Crippen LogP contribution in [0, 0.1) is 11.3 Å². The molecular weight excluding hydrogens is 683 g/mol. The summed E-state index contributed by atoms with van der Waals surface area (Å²) in [6.07, 6.45) is 7.66. The smallest absolute Gasteiger partial charge is 0.317 e. The van der Waals surface area contributed by atoms with E-state index < -0.39 is 5.92 Å². The molecule has 1 aromatic carbocycles. The summed E-state index contributed by atoms with van der Waals surface area (Å²) >= 11 is 0. The number of aromatic hydroxyl groups is 1. The van der Waals surface area contributed by atoms with Gasteiger partial charge in [-0.2, -0.15) is 0 Å². The van der Waals surface area contributed by atoms with Crippen LogP contribution in [0.5, 0.6) is 5.75 Å². The number of rotatable bonds is 9. The van der Waals surface area contributed by atoms with Gasteiger partial charge < -0.3 is 39.3 Å². The van der Waals surface area contributed by atoms with Crippen molar-refractivity contribution in [2.24, 2.45) is 11.3 Å². The van der Waals surface area contributed by atoms with Gasteiger partial charge in [0.2, 0.25) is 0 Å². The van der Waals surface area contributed by atoms with Crippen LogP contribution in [0.2, 0.25) is 0 Å². The van der Waals surface area contributed by atoms with Crippen LogP contribution in [0.15, 0.2) is 40.9 Å². The summed E-state index contributed by atoms with van der Waals surface area (Å²) in [6, 6.07) is 13.9. The summed E-state index contributed by atoms with van der Waals surface area (Å²) in [5, 5.41) is 27.2. The third-order valence-corrected chi connectivity index (χ3v) is 13.6. The number of para-hydroxylation sites is 1. The topological polar surface area (TPSA) is 127 Å². The molecule has 5 aliphatic heterocycles. The Morgan fingerprint density at radius 2 is 1.63 bits per heavy atom. The van der Waals surface area contributed by atoms with Gasteiger partial charge in [-0.15, -0.1) is 10.2 Å². The van der Waals surface area contributed by atoms with Crippen LogP contribution in [0.1, 0.15) is 71.0 Å². The molecule has 290 valence electrons. The van der Waals surface area contributed by atoms with E-state index in [1.54, 1.807) is 6.07 Å². The van der Waals surface area contributed by atoms with Gasteiger partial charge in [-0.1, -0.05) is 31.1 Å². The number of nitrogens with zero attached hydrogens (tertiary/aromatic N) is 8. The average molecular weight is 740 g/mol. The van der Waals surface area contributed by atoms with Crippen LogP contribution >= 0.6 is 0 Å². The van der Waals surface area contributed by atoms with E-state index >= 15 is 0 Å². The highest BCUT2D eigenvalue weighted by atomic mass is 16.5. The van der Waals surface area contributed by atoms with Crippen molar-refractivity contribution in [2.45, 2.75) is 89.4 Å². The number of benzene rings is 1. The summed E-state index contributed by atoms with van der Waals surface area (Å²) in [6.45, 7) is 17.2. The Balaban J connectivity index is 0.707. The maximum absolute atomic E-state index is 12.5. The van der Waals surface area contributed by atoms with E-state index in [0.717, 1.165) is 68.2 Å². The third kappa shape index (κ3) is 6.70. The van der Waals surface area contributed by atoms with Gasteiger partial charge in [0.05, 0.1) is 24.0 Å². The molecule has 2 unspecified atom stereocenters. The first-order chi connectivity index (χ1) is 26.3. The predicted molar refractivity (Wildman–Crippen MR) is 208 cm³/mol. The fourth-order valence-corrected chi connectivity index (χ4v) is 10.6. The highest BCUT2D eigenvalue weighted by Gasteiger charge is 2.54. The largest absolute Gasteiger partial charge is 0.507 e. The van der Waals surface area contributed by atoms with Gasteiger partial charge in [0.15, 0.2) is 17.4 Å². The number of carbonyl (C=O) groups is 1. The molecule has 3 aromatic rings. The molecule has 0 amide bonds. The van der Waals surface area contributed by atoms with Crippen LogP contribution in [0.3, 0.4) is 0 Å². The number of hydrogen-bond acceptors (Lipinski definition) is 13. The number of piperazine rings is 1. The highest BCUT2D eigenvalue weighted by molar-refractivity contribution is 5.78. The second kappa shape index (κ2) is 14.6. The molecule has 13 heteroatoms. The van der Waals surface area contributed by atoms with E-state index in [-0.39, 0.29) is 17.6 Å². The molecule has 1 spiro atoms. The quantitative estimate of drug-likeness (QED) is 0.296. The molecule has 6 aliphatic rings. The molecule has 9 rings (SSSR count). The van der Waals surface area contributed by atoms with Crippen molar-refractivity contribution < 1.29 is 19.2 Å². The first-order valence-electron chi connectivity index (χ1n) is 20.5. The number of ether oxygens (including phenoxy) is 1. The lowest BCUT2D eigenvalue weighted by atomic mass is 9.60. The SMILES string of the molecule is CCOC(=O)C(c1cc(N2CC3(CC(N4CCC(N5CCC(N6CCN7c8cc(-c9ccccc9O)nnc8NCC7C6)CC5)CC4)C3)C2)no1)C(C)C.